The van der Waals surface area contributed by atoms with Crippen molar-refractivity contribution in [2.75, 3.05) is 14.2 Å². The number of benzene rings is 1. The molecule has 92 valence electrons. The number of nitrogens with two attached hydrogens (primary N) is 1. The molecule has 1 unspecified atom stereocenters. The number of fused-ring (bicyclic) bond motifs is 1. The van der Waals surface area contributed by atoms with Crippen molar-refractivity contribution in [2.45, 2.75) is 12.3 Å². The summed E-state index contributed by atoms with van der Waals surface area (Å²) < 4.78 is 11.7. The largest absolute Gasteiger partial charge is 0.354 e. The second-order valence-corrected chi connectivity index (χ2v) is 4.59. The Kier molecular flexibility index (Phi) is 4.09. The van der Waals surface area contributed by atoms with Gasteiger partial charge in [0.25, 0.3) is 0 Å². The van der Waals surface area contributed by atoms with Gasteiger partial charge in [-0.05, 0) is 22.4 Å². The van der Waals surface area contributed by atoms with Gasteiger partial charge in [0.15, 0.2) is 6.29 Å². The summed E-state index contributed by atoms with van der Waals surface area (Å²) in [7, 11) is 3.21. The van der Waals surface area contributed by atoms with E-state index in [0.717, 1.165) is 5.56 Å². The standard InChI is InChI=1S/C12H16N2O2S/c1-15-12(16-2)10(14-13)9-5-3-4-8-6-7-17-11(8)9/h3-7,10,12,14H,13H2,1-2H3. The van der Waals surface area contributed by atoms with Crippen molar-refractivity contribution in [3.63, 3.8) is 0 Å². The molecule has 2 aromatic rings. The van der Waals surface area contributed by atoms with Crippen LogP contribution in [0.4, 0.5) is 0 Å². The van der Waals surface area contributed by atoms with Gasteiger partial charge in [-0.25, -0.2) is 5.43 Å². The summed E-state index contributed by atoms with van der Waals surface area (Å²) in [6, 6.07) is 8.03. The number of hydrazine groups is 1. The maximum Gasteiger partial charge on any atom is 0.177 e. The van der Waals surface area contributed by atoms with Crippen molar-refractivity contribution in [1.82, 2.24) is 5.43 Å². The topological polar surface area (TPSA) is 56.5 Å². The molecule has 0 aliphatic carbocycles. The van der Waals surface area contributed by atoms with Crippen LogP contribution in [0.5, 0.6) is 0 Å². The Bertz CT molecular complexity index is 482. The lowest BCUT2D eigenvalue weighted by Gasteiger charge is -2.24. The van der Waals surface area contributed by atoms with Crippen molar-refractivity contribution in [3.8, 4) is 0 Å². The maximum absolute atomic E-state index is 5.61. The van der Waals surface area contributed by atoms with E-state index in [0.29, 0.717) is 0 Å². The molecule has 1 aromatic carbocycles. The van der Waals surface area contributed by atoms with E-state index < -0.39 is 6.29 Å². The summed E-state index contributed by atoms with van der Waals surface area (Å²) >= 11 is 1.69. The van der Waals surface area contributed by atoms with E-state index in [1.54, 1.807) is 25.6 Å². The van der Waals surface area contributed by atoms with Crippen LogP contribution < -0.4 is 11.3 Å². The van der Waals surface area contributed by atoms with Crippen LogP contribution in [0.2, 0.25) is 0 Å². The highest BCUT2D eigenvalue weighted by Crippen LogP contribution is 2.30. The van der Waals surface area contributed by atoms with Gasteiger partial charge in [-0.1, -0.05) is 18.2 Å². The number of thiophene rings is 1. The SMILES string of the molecule is COC(OC)C(NN)c1cccc2ccsc12. The van der Waals surface area contributed by atoms with E-state index in [9.17, 15) is 0 Å². The first-order valence-electron chi connectivity index (χ1n) is 5.29. The lowest BCUT2D eigenvalue weighted by Crippen LogP contribution is -2.38. The molecule has 0 amide bonds. The van der Waals surface area contributed by atoms with Crippen molar-refractivity contribution in [3.05, 3.63) is 35.2 Å². The van der Waals surface area contributed by atoms with Crippen molar-refractivity contribution < 1.29 is 9.47 Å². The van der Waals surface area contributed by atoms with E-state index >= 15 is 0 Å². The summed E-state index contributed by atoms with van der Waals surface area (Å²) in [6.07, 6.45) is -0.410. The monoisotopic (exact) mass is 252 g/mol. The normalized spacial score (nSPS) is 13.4. The number of nitrogens with one attached hydrogen (secondary N) is 1. The van der Waals surface area contributed by atoms with Gasteiger partial charge in [0, 0.05) is 18.9 Å². The van der Waals surface area contributed by atoms with Crippen LogP contribution in [0.3, 0.4) is 0 Å². The predicted molar refractivity (Wildman–Crippen MR) is 69.7 cm³/mol. The molecule has 0 bridgehead atoms. The van der Waals surface area contributed by atoms with Crippen LogP contribution in [-0.4, -0.2) is 20.5 Å². The van der Waals surface area contributed by atoms with Crippen LogP contribution >= 0.6 is 11.3 Å². The molecule has 5 heteroatoms. The zero-order valence-corrected chi connectivity index (χ0v) is 10.7. The van der Waals surface area contributed by atoms with Gasteiger partial charge in [0.05, 0.1) is 6.04 Å². The number of methoxy groups -OCH3 is 2. The minimum Gasteiger partial charge on any atom is -0.354 e. The Morgan fingerprint density at radius 1 is 1.24 bits per heavy atom. The number of rotatable bonds is 5. The van der Waals surface area contributed by atoms with E-state index in [4.69, 9.17) is 15.3 Å². The highest BCUT2D eigenvalue weighted by Gasteiger charge is 2.23. The molecule has 0 spiro atoms. The fourth-order valence-corrected chi connectivity index (χ4v) is 2.90. The van der Waals surface area contributed by atoms with E-state index in [2.05, 4.69) is 22.9 Å². The third-order valence-corrected chi connectivity index (χ3v) is 3.74. The van der Waals surface area contributed by atoms with Crippen LogP contribution in [0.15, 0.2) is 29.6 Å². The number of hydrogen-bond donors (Lipinski definition) is 2. The van der Waals surface area contributed by atoms with Crippen molar-refractivity contribution in [1.29, 1.82) is 0 Å². The van der Waals surface area contributed by atoms with Gasteiger partial charge < -0.3 is 9.47 Å². The molecule has 3 N–H and O–H groups in total. The van der Waals surface area contributed by atoms with Crippen molar-refractivity contribution in [2.24, 2.45) is 5.84 Å². The van der Waals surface area contributed by atoms with Gasteiger partial charge in [-0.3, -0.25) is 5.84 Å². The van der Waals surface area contributed by atoms with Crippen LogP contribution in [0.25, 0.3) is 10.1 Å². The third-order valence-electron chi connectivity index (χ3n) is 2.76. The average Bonchev–Trinajstić information content (AvgIpc) is 2.84. The Labute approximate surface area is 104 Å². The second kappa shape index (κ2) is 5.57. The Morgan fingerprint density at radius 3 is 2.65 bits per heavy atom. The molecule has 2 rings (SSSR count). The van der Waals surface area contributed by atoms with Gasteiger partial charge in [-0.15, -0.1) is 11.3 Å². The molecule has 1 aromatic heterocycles. The lowest BCUT2D eigenvalue weighted by atomic mass is 10.1. The molecular weight excluding hydrogens is 236 g/mol. The molecule has 17 heavy (non-hydrogen) atoms. The molecule has 0 saturated heterocycles. The quantitative estimate of drug-likeness (QED) is 0.485. The average molecular weight is 252 g/mol. The summed E-state index contributed by atoms with van der Waals surface area (Å²) in [4.78, 5) is 0. The first kappa shape index (κ1) is 12.5. The third kappa shape index (κ3) is 2.34. The lowest BCUT2D eigenvalue weighted by molar-refractivity contribution is -0.124. The smallest absolute Gasteiger partial charge is 0.177 e. The fraction of sp³-hybridized carbons (Fsp3) is 0.333. The molecular formula is C12H16N2O2S. The number of ether oxygens (including phenoxy) is 2. The summed E-state index contributed by atoms with van der Waals surface area (Å²) in [5, 5.41) is 3.27. The summed E-state index contributed by atoms with van der Waals surface area (Å²) in [5.74, 6) is 5.61. The van der Waals surface area contributed by atoms with Crippen LogP contribution in [0, 0.1) is 0 Å². The van der Waals surface area contributed by atoms with E-state index in [-0.39, 0.29) is 6.04 Å². The van der Waals surface area contributed by atoms with E-state index in [1.165, 1.54) is 10.1 Å². The van der Waals surface area contributed by atoms with Gasteiger partial charge in [0.2, 0.25) is 0 Å². The minimum atomic E-state index is -0.410. The molecule has 1 heterocycles. The van der Waals surface area contributed by atoms with Crippen LogP contribution in [0.1, 0.15) is 11.6 Å². The first-order valence-corrected chi connectivity index (χ1v) is 6.17. The molecule has 0 saturated carbocycles. The molecule has 1 atom stereocenters. The Balaban J connectivity index is 2.45. The highest BCUT2D eigenvalue weighted by molar-refractivity contribution is 7.17. The zero-order valence-electron chi connectivity index (χ0n) is 9.84. The first-order chi connectivity index (χ1) is 8.31. The maximum atomic E-state index is 5.61. The molecule has 0 radical (unpaired) electrons. The summed E-state index contributed by atoms with van der Waals surface area (Å²) in [5.41, 5.74) is 3.85. The molecule has 0 fully saturated rings. The van der Waals surface area contributed by atoms with E-state index in [1.807, 2.05) is 12.1 Å². The molecule has 0 aliphatic heterocycles. The fourth-order valence-electron chi connectivity index (χ4n) is 1.94. The Morgan fingerprint density at radius 2 is 2.00 bits per heavy atom. The highest BCUT2D eigenvalue weighted by atomic mass is 32.1. The van der Waals surface area contributed by atoms with Gasteiger partial charge >= 0.3 is 0 Å². The number of hydrogen-bond acceptors (Lipinski definition) is 5. The summed E-state index contributed by atoms with van der Waals surface area (Å²) in [6.45, 7) is 0. The minimum absolute atomic E-state index is 0.188. The van der Waals surface area contributed by atoms with Gasteiger partial charge in [0.1, 0.15) is 0 Å². The molecule has 4 nitrogen and oxygen atoms in total. The molecule has 0 aliphatic rings. The zero-order chi connectivity index (χ0) is 12.3. The van der Waals surface area contributed by atoms with Gasteiger partial charge in [-0.2, -0.15) is 0 Å². The van der Waals surface area contributed by atoms with Crippen LogP contribution in [-0.2, 0) is 9.47 Å². The second-order valence-electron chi connectivity index (χ2n) is 3.67. The Hall–Kier alpha value is -0.980. The predicted octanol–water partition coefficient (Wildman–Crippen LogP) is 2.02. The van der Waals surface area contributed by atoms with Crippen molar-refractivity contribution >= 4 is 21.4 Å².